The Morgan fingerprint density at radius 2 is 2.00 bits per heavy atom. The summed E-state index contributed by atoms with van der Waals surface area (Å²) in [6.45, 7) is 0.732. The quantitative estimate of drug-likeness (QED) is 0.726. The zero-order chi connectivity index (χ0) is 18.1. The Kier molecular flexibility index (Phi) is 4.12. The number of nitrogens with one attached hydrogen (secondary N) is 2. The molecule has 1 aliphatic heterocycles. The molecule has 132 valence electrons. The van der Waals surface area contributed by atoms with E-state index in [2.05, 4.69) is 15.5 Å². The summed E-state index contributed by atoms with van der Waals surface area (Å²) in [7, 11) is 0. The van der Waals surface area contributed by atoms with Gasteiger partial charge in [0.1, 0.15) is 0 Å². The number of hydrogen-bond donors (Lipinski definition) is 2. The molecule has 0 unspecified atom stereocenters. The van der Waals surface area contributed by atoms with Crippen molar-refractivity contribution in [1.82, 2.24) is 15.1 Å². The lowest BCUT2D eigenvalue weighted by Gasteiger charge is -2.26. The first-order valence-corrected chi connectivity index (χ1v) is 8.26. The van der Waals surface area contributed by atoms with Crippen LogP contribution in [0.15, 0.2) is 48.5 Å². The Labute approximate surface area is 148 Å². The number of nitrogens with zero attached hydrogens (tertiary/aromatic N) is 2. The first-order chi connectivity index (χ1) is 12.6. The average molecular weight is 354 g/mol. The van der Waals surface area contributed by atoms with Crippen LogP contribution in [0, 0.1) is 11.6 Å². The molecule has 0 fully saturated rings. The fourth-order valence-corrected chi connectivity index (χ4v) is 3.09. The van der Waals surface area contributed by atoms with Crippen LogP contribution in [-0.2, 0) is 0 Å². The number of fused-ring (bicyclic) bond motifs is 1. The predicted molar refractivity (Wildman–Crippen MR) is 95.6 cm³/mol. The van der Waals surface area contributed by atoms with Crippen LogP contribution in [0.3, 0.4) is 0 Å². The molecule has 5 nitrogen and oxygen atoms in total. The number of para-hydroxylation sites is 1. The molecule has 0 spiro atoms. The SMILES string of the molecule is O=C(Nc1n[nH]c2ccccc12)N1CC=C(c2cccc(F)c2F)CC1. The van der Waals surface area contributed by atoms with Gasteiger partial charge in [0.05, 0.1) is 5.52 Å². The third-order valence-corrected chi connectivity index (χ3v) is 4.49. The van der Waals surface area contributed by atoms with Crippen molar-refractivity contribution in [3.05, 3.63) is 65.7 Å². The molecule has 26 heavy (non-hydrogen) atoms. The molecule has 1 aliphatic rings. The molecule has 2 heterocycles. The van der Waals surface area contributed by atoms with E-state index in [1.54, 1.807) is 17.0 Å². The first kappa shape index (κ1) is 16.3. The largest absolute Gasteiger partial charge is 0.323 e. The minimum absolute atomic E-state index is 0.253. The van der Waals surface area contributed by atoms with Crippen LogP contribution >= 0.6 is 0 Å². The van der Waals surface area contributed by atoms with Crippen LogP contribution < -0.4 is 5.32 Å². The molecule has 4 rings (SSSR count). The number of aromatic nitrogens is 2. The molecular formula is C19H16F2N4O. The molecule has 7 heteroatoms. The second-order valence-electron chi connectivity index (χ2n) is 6.07. The van der Waals surface area contributed by atoms with Crippen molar-refractivity contribution in [2.45, 2.75) is 6.42 Å². The van der Waals surface area contributed by atoms with Crippen molar-refractivity contribution in [2.75, 3.05) is 18.4 Å². The summed E-state index contributed by atoms with van der Waals surface area (Å²) in [5.74, 6) is -1.25. The van der Waals surface area contributed by atoms with E-state index < -0.39 is 11.6 Å². The van der Waals surface area contributed by atoms with E-state index in [0.717, 1.165) is 17.0 Å². The topological polar surface area (TPSA) is 61.0 Å². The summed E-state index contributed by atoms with van der Waals surface area (Å²) in [6.07, 6.45) is 2.21. The van der Waals surface area contributed by atoms with Gasteiger partial charge in [0.2, 0.25) is 0 Å². The zero-order valence-electron chi connectivity index (χ0n) is 13.8. The molecule has 0 aliphatic carbocycles. The zero-order valence-corrected chi connectivity index (χ0v) is 13.8. The summed E-state index contributed by atoms with van der Waals surface area (Å²) >= 11 is 0. The van der Waals surface area contributed by atoms with Gasteiger partial charge in [-0.25, -0.2) is 13.6 Å². The lowest BCUT2D eigenvalue weighted by molar-refractivity contribution is 0.217. The maximum atomic E-state index is 13.9. The lowest BCUT2D eigenvalue weighted by Crippen LogP contribution is -2.38. The van der Waals surface area contributed by atoms with Gasteiger partial charge in [0.15, 0.2) is 17.5 Å². The Hall–Kier alpha value is -3.22. The number of aromatic amines is 1. The summed E-state index contributed by atoms with van der Waals surface area (Å²) in [5.41, 5.74) is 1.80. The van der Waals surface area contributed by atoms with Gasteiger partial charge in [-0.05, 0) is 30.2 Å². The molecule has 0 saturated heterocycles. The van der Waals surface area contributed by atoms with Gasteiger partial charge in [0.25, 0.3) is 0 Å². The van der Waals surface area contributed by atoms with Crippen molar-refractivity contribution >= 4 is 28.3 Å². The van der Waals surface area contributed by atoms with Crippen molar-refractivity contribution in [3.63, 3.8) is 0 Å². The highest BCUT2D eigenvalue weighted by Gasteiger charge is 2.21. The van der Waals surface area contributed by atoms with Crippen LogP contribution in [-0.4, -0.2) is 34.2 Å². The van der Waals surface area contributed by atoms with E-state index in [1.165, 1.54) is 6.07 Å². The van der Waals surface area contributed by atoms with E-state index in [9.17, 15) is 13.6 Å². The summed E-state index contributed by atoms with van der Waals surface area (Å²) < 4.78 is 27.3. The number of rotatable bonds is 2. The number of anilines is 1. The van der Waals surface area contributed by atoms with Crippen molar-refractivity contribution < 1.29 is 13.6 Å². The van der Waals surface area contributed by atoms with Gasteiger partial charge in [-0.15, -0.1) is 0 Å². The molecule has 0 atom stereocenters. The third-order valence-electron chi connectivity index (χ3n) is 4.49. The van der Waals surface area contributed by atoms with Crippen LogP contribution in [0.25, 0.3) is 16.5 Å². The number of amides is 2. The molecule has 0 bridgehead atoms. The fourth-order valence-electron chi connectivity index (χ4n) is 3.09. The number of hydrogen-bond acceptors (Lipinski definition) is 2. The van der Waals surface area contributed by atoms with E-state index in [0.29, 0.717) is 30.9 Å². The van der Waals surface area contributed by atoms with E-state index >= 15 is 0 Å². The number of carbonyl (C=O) groups is 1. The Bertz CT molecular complexity index is 1010. The van der Waals surface area contributed by atoms with Crippen molar-refractivity contribution in [3.8, 4) is 0 Å². The Balaban J connectivity index is 1.48. The van der Waals surface area contributed by atoms with Gasteiger partial charge >= 0.3 is 6.03 Å². The normalized spacial score (nSPS) is 14.4. The third kappa shape index (κ3) is 2.92. The number of carbonyl (C=O) groups excluding carboxylic acids is 1. The highest BCUT2D eigenvalue weighted by Crippen LogP contribution is 2.26. The van der Waals surface area contributed by atoms with Crippen molar-refractivity contribution in [2.24, 2.45) is 0 Å². The standard InChI is InChI=1S/C19H16F2N4O/c20-15-6-3-5-13(17(15)21)12-8-10-25(11-9-12)19(26)22-18-14-4-1-2-7-16(14)23-24-18/h1-8H,9-11H2,(H2,22,23,24,26). The number of H-pyrrole nitrogens is 1. The predicted octanol–water partition coefficient (Wildman–Crippen LogP) is 4.16. The summed E-state index contributed by atoms with van der Waals surface area (Å²) in [6, 6.07) is 11.3. The number of urea groups is 1. The summed E-state index contributed by atoms with van der Waals surface area (Å²) in [4.78, 5) is 14.1. The van der Waals surface area contributed by atoms with E-state index in [1.807, 2.05) is 24.3 Å². The van der Waals surface area contributed by atoms with E-state index in [4.69, 9.17) is 0 Å². The number of benzene rings is 2. The van der Waals surface area contributed by atoms with Gasteiger partial charge < -0.3 is 4.90 Å². The van der Waals surface area contributed by atoms with Crippen LogP contribution in [0.2, 0.25) is 0 Å². The van der Waals surface area contributed by atoms with Gasteiger partial charge in [-0.1, -0.05) is 30.3 Å². The van der Waals surface area contributed by atoms with Crippen LogP contribution in [0.1, 0.15) is 12.0 Å². The highest BCUT2D eigenvalue weighted by atomic mass is 19.2. The second kappa shape index (κ2) is 6.59. The minimum atomic E-state index is -0.867. The lowest BCUT2D eigenvalue weighted by atomic mass is 9.99. The Morgan fingerprint density at radius 3 is 2.81 bits per heavy atom. The van der Waals surface area contributed by atoms with Gasteiger partial charge in [-0.3, -0.25) is 10.4 Å². The van der Waals surface area contributed by atoms with Crippen LogP contribution in [0.5, 0.6) is 0 Å². The highest BCUT2D eigenvalue weighted by molar-refractivity contribution is 5.99. The monoisotopic (exact) mass is 354 g/mol. The molecule has 2 amide bonds. The molecule has 3 aromatic rings. The molecule has 2 N–H and O–H groups in total. The van der Waals surface area contributed by atoms with Crippen molar-refractivity contribution in [1.29, 1.82) is 0 Å². The Morgan fingerprint density at radius 1 is 1.15 bits per heavy atom. The molecule has 1 aromatic heterocycles. The van der Waals surface area contributed by atoms with Gasteiger partial charge in [0, 0.05) is 24.0 Å². The maximum absolute atomic E-state index is 13.9. The smallest absolute Gasteiger partial charge is 0.320 e. The second-order valence-corrected chi connectivity index (χ2v) is 6.07. The summed E-state index contributed by atoms with van der Waals surface area (Å²) in [5, 5.41) is 10.6. The number of halogens is 2. The first-order valence-electron chi connectivity index (χ1n) is 8.26. The van der Waals surface area contributed by atoms with Crippen LogP contribution in [0.4, 0.5) is 19.4 Å². The fraction of sp³-hybridized carbons (Fsp3) is 0.158. The maximum Gasteiger partial charge on any atom is 0.323 e. The molecule has 0 saturated carbocycles. The molecular weight excluding hydrogens is 338 g/mol. The van der Waals surface area contributed by atoms with Gasteiger partial charge in [-0.2, -0.15) is 5.10 Å². The van der Waals surface area contributed by atoms with E-state index in [-0.39, 0.29) is 11.6 Å². The average Bonchev–Trinajstić information content (AvgIpc) is 3.07. The minimum Gasteiger partial charge on any atom is -0.320 e. The molecule has 0 radical (unpaired) electrons. The molecule has 2 aromatic carbocycles.